The van der Waals surface area contributed by atoms with Crippen LogP contribution in [0.2, 0.25) is 0 Å². The van der Waals surface area contributed by atoms with Crippen molar-refractivity contribution >= 4 is 0 Å². The molecule has 0 bridgehead atoms. The Kier molecular flexibility index (Phi) is 63.5. The van der Waals surface area contributed by atoms with Crippen LogP contribution in [-0.2, 0) is 17.1 Å². The molecule has 8 N–H and O–H groups in total. The van der Waals surface area contributed by atoms with Crippen LogP contribution in [0.1, 0.15) is 0 Å². The van der Waals surface area contributed by atoms with E-state index in [1.54, 1.807) is 0 Å². The van der Waals surface area contributed by atoms with Gasteiger partial charge in [0, 0.05) is 26.2 Å². The molecule has 109 valence electrons. The Balaban J connectivity index is -0.0000000369. The number of nitrogens with zero attached hydrogens (tertiary/aromatic N) is 2. The molecule has 0 saturated carbocycles. The van der Waals surface area contributed by atoms with Crippen molar-refractivity contribution in [2.75, 3.05) is 26.2 Å². The molecule has 17 heavy (non-hydrogen) atoms. The van der Waals surface area contributed by atoms with Crippen molar-refractivity contribution in [1.29, 1.82) is 0 Å². The van der Waals surface area contributed by atoms with Gasteiger partial charge < -0.3 is 53.6 Å². The summed E-state index contributed by atoms with van der Waals surface area (Å²) in [6.07, 6.45) is 0. The molecule has 0 aromatic heterocycles. The van der Waals surface area contributed by atoms with Crippen LogP contribution in [0, 0.1) is 30.6 Å². The monoisotopic (exact) mass is 307 g/mol. The third-order valence-electron chi connectivity index (χ3n) is 0.333. The third kappa shape index (κ3) is 4170. The van der Waals surface area contributed by atoms with Crippen molar-refractivity contribution in [3.8, 4) is 0 Å². The zero-order valence-electron chi connectivity index (χ0n) is 8.78. The summed E-state index contributed by atoms with van der Waals surface area (Å²) in [6, 6.07) is 0. The average molecular weight is 308 g/mol. The van der Waals surface area contributed by atoms with Gasteiger partial charge in [0.15, 0.2) is 0 Å². The molecule has 0 spiro atoms. The van der Waals surface area contributed by atoms with Crippen LogP contribution in [0.15, 0.2) is 0 Å². The van der Waals surface area contributed by atoms with Crippen LogP contribution < -0.4 is 22.9 Å². The molecule has 0 unspecified atom stereocenters. The van der Waals surface area contributed by atoms with Gasteiger partial charge in [0.05, 0.1) is 10.2 Å². The maximum Gasteiger partial charge on any atom is 2.00 e. The summed E-state index contributed by atoms with van der Waals surface area (Å²) in [5.41, 5.74) is 19.6. The Morgan fingerprint density at radius 2 is 0.706 bits per heavy atom. The third-order valence-corrected chi connectivity index (χ3v) is 0.333. The summed E-state index contributed by atoms with van der Waals surface area (Å²) in [5, 5.41) is 29.5. The standard InChI is InChI=1S/2C2H8N2.Cu.2NO3/c2*3-1-2-4;;2*2-1(3)4/h2*1-4H2;;;/q;;+2;2*-1. The van der Waals surface area contributed by atoms with Gasteiger partial charge in [0.2, 0.25) is 0 Å². The Morgan fingerprint density at radius 3 is 0.706 bits per heavy atom. The Labute approximate surface area is 108 Å². The van der Waals surface area contributed by atoms with E-state index in [4.69, 9.17) is 53.6 Å². The summed E-state index contributed by atoms with van der Waals surface area (Å²) in [5.74, 6) is 0. The molecule has 0 aromatic carbocycles. The van der Waals surface area contributed by atoms with Gasteiger partial charge >= 0.3 is 17.1 Å². The summed E-state index contributed by atoms with van der Waals surface area (Å²) in [6.45, 7) is 2.39. The second-order valence-electron chi connectivity index (χ2n) is 1.60. The van der Waals surface area contributed by atoms with Crippen LogP contribution in [0.4, 0.5) is 0 Å². The van der Waals surface area contributed by atoms with Crippen molar-refractivity contribution in [1.82, 2.24) is 0 Å². The first-order valence-corrected chi connectivity index (χ1v) is 3.73. The number of hydrogen-bond acceptors (Lipinski definition) is 10. The maximum atomic E-state index is 8.25. The van der Waals surface area contributed by atoms with Crippen LogP contribution in [0.5, 0.6) is 0 Å². The summed E-state index contributed by atoms with van der Waals surface area (Å²) >= 11 is 0. The largest absolute Gasteiger partial charge is 2.00 e. The van der Waals surface area contributed by atoms with Crippen molar-refractivity contribution < 1.29 is 27.2 Å². The Morgan fingerprint density at radius 1 is 0.647 bits per heavy atom. The van der Waals surface area contributed by atoms with E-state index >= 15 is 0 Å². The molecular weight excluding hydrogens is 292 g/mol. The zero-order valence-corrected chi connectivity index (χ0v) is 9.72. The van der Waals surface area contributed by atoms with E-state index in [2.05, 4.69) is 0 Å². The molecule has 0 amide bonds. The molecule has 0 heterocycles. The van der Waals surface area contributed by atoms with Gasteiger partial charge in [-0.2, -0.15) is 0 Å². The van der Waals surface area contributed by atoms with Crippen molar-refractivity contribution in [2.45, 2.75) is 0 Å². The normalized spacial score (nSPS) is 6.35. The first kappa shape index (κ1) is 29.7. The first-order valence-electron chi connectivity index (χ1n) is 3.73. The zero-order chi connectivity index (χ0) is 14.0. The van der Waals surface area contributed by atoms with E-state index in [0.717, 1.165) is 0 Å². The van der Waals surface area contributed by atoms with E-state index in [1.807, 2.05) is 0 Å². The first-order chi connectivity index (χ1) is 7.29. The fourth-order valence-corrected chi connectivity index (χ4v) is 0. The molecule has 13 heteroatoms. The fraction of sp³-hybridized carbons (Fsp3) is 1.00. The second kappa shape index (κ2) is 36.4. The SMILES string of the molecule is NCCN.NCCN.O=[N+]([O-])[O-].O=[N+]([O-])[O-].[Cu+2]. The van der Waals surface area contributed by atoms with Crippen LogP contribution in [0.3, 0.4) is 0 Å². The van der Waals surface area contributed by atoms with Crippen molar-refractivity contribution in [3.63, 3.8) is 0 Å². The molecular formula is C4H16CuN6O6. The second-order valence-corrected chi connectivity index (χ2v) is 1.60. The quantitative estimate of drug-likeness (QED) is 0.234. The van der Waals surface area contributed by atoms with E-state index in [-0.39, 0.29) is 17.1 Å². The number of nitrogens with two attached hydrogens (primary N) is 4. The minimum absolute atomic E-state index is 0. The summed E-state index contributed by atoms with van der Waals surface area (Å²) in [7, 11) is 0. The minimum Gasteiger partial charge on any atom is -0.356 e. The predicted octanol–water partition coefficient (Wildman–Crippen LogP) is -2.67. The van der Waals surface area contributed by atoms with Crippen molar-refractivity contribution in [2.24, 2.45) is 22.9 Å². The van der Waals surface area contributed by atoms with Gasteiger partial charge in [-0.1, -0.05) is 0 Å². The number of hydrogen-bond donors (Lipinski definition) is 4. The molecule has 0 rings (SSSR count). The topological polar surface area (TPSA) is 236 Å². The average Bonchev–Trinajstić information content (AvgIpc) is 2.16. The molecule has 0 aliphatic heterocycles. The van der Waals surface area contributed by atoms with Gasteiger partial charge in [-0.15, -0.1) is 0 Å². The molecule has 1 radical (unpaired) electrons. The van der Waals surface area contributed by atoms with Gasteiger partial charge in [0.1, 0.15) is 0 Å². The fourth-order valence-electron chi connectivity index (χ4n) is 0. The van der Waals surface area contributed by atoms with Crippen LogP contribution >= 0.6 is 0 Å². The molecule has 0 saturated heterocycles. The summed E-state index contributed by atoms with van der Waals surface area (Å²) < 4.78 is 0. The van der Waals surface area contributed by atoms with E-state index in [1.165, 1.54) is 0 Å². The molecule has 0 aliphatic carbocycles. The van der Waals surface area contributed by atoms with E-state index < -0.39 is 10.2 Å². The molecule has 0 aliphatic rings. The van der Waals surface area contributed by atoms with Gasteiger partial charge in [0.25, 0.3) is 0 Å². The Hall–Kier alpha value is -1.24. The molecule has 0 aromatic rings. The van der Waals surface area contributed by atoms with Gasteiger partial charge in [-0.25, -0.2) is 0 Å². The molecule has 0 fully saturated rings. The van der Waals surface area contributed by atoms with Crippen molar-refractivity contribution in [3.05, 3.63) is 30.6 Å². The van der Waals surface area contributed by atoms with E-state index in [9.17, 15) is 0 Å². The van der Waals surface area contributed by atoms with Gasteiger partial charge in [-0.3, -0.25) is 0 Å². The van der Waals surface area contributed by atoms with Crippen LogP contribution in [0.25, 0.3) is 0 Å². The minimum atomic E-state index is -1.75. The molecule has 12 nitrogen and oxygen atoms in total. The smallest absolute Gasteiger partial charge is 0.356 e. The van der Waals surface area contributed by atoms with E-state index in [0.29, 0.717) is 26.2 Å². The molecule has 0 atom stereocenters. The van der Waals surface area contributed by atoms with Gasteiger partial charge in [-0.05, 0) is 0 Å². The Bertz CT molecular complexity index is 122. The van der Waals surface area contributed by atoms with Crippen LogP contribution in [-0.4, -0.2) is 36.4 Å². The predicted molar refractivity (Wildman–Crippen MR) is 56.9 cm³/mol. The maximum absolute atomic E-state index is 8.25. The number of rotatable bonds is 2. The summed E-state index contributed by atoms with van der Waals surface area (Å²) in [4.78, 5) is 16.5.